The predicted molar refractivity (Wildman–Crippen MR) is 226 cm³/mol. The van der Waals surface area contributed by atoms with Crippen molar-refractivity contribution in [1.29, 1.82) is 0 Å². The molecule has 1 aliphatic heterocycles. The summed E-state index contributed by atoms with van der Waals surface area (Å²) in [4.78, 5) is 19.8. The van der Waals surface area contributed by atoms with E-state index in [1.54, 1.807) is 0 Å². The van der Waals surface area contributed by atoms with E-state index in [0.717, 1.165) is 89.4 Å². The summed E-state index contributed by atoms with van der Waals surface area (Å²) in [6, 6.07) is 66.4. The third-order valence-electron chi connectivity index (χ3n) is 10.8. The first-order chi connectivity index (χ1) is 27.2. The van der Waals surface area contributed by atoms with Crippen LogP contribution in [0.2, 0.25) is 0 Å². The van der Waals surface area contributed by atoms with Crippen LogP contribution in [0.25, 0.3) is 112 Å². The maximum atomic E-state index is 5.33. The number of nitrogens with zero attached hydrogens (tertiary/aromatic N) is 3. The minimum absolute atomic E-state index is 0.793. The van der Waals surface area contributed by atoms with Crippen LogP contribution in [-0.4, -0.2) is 19.9 Å². The highest BCUT2D eigenvalue weighted by molar-refractivity contribution is 6.15. The van der Waals surface area contributed by atoms with Gasteiger partial charge in [0.05, 0.1) is 45.2 Å². The van der Waals surface area contributed by atoms with Gasteiger partial charge in [-0.25, -0.2) is 15.0 Å². The number of pyridine rings is 3. The topological polar surface area (TPSA) is 54.5 Å². The number of hydrogen-bond acceptors (Lipinski definition) is 3. The molecule has 4 heteroatoms. The lowest BCUT2D eigenvalue weighted by atomic mass is 9.97. The van der Waals surface area contributed by atoms with Crippen LogP contribution in [0, 0.1) is 0 Å². The molecule has 1 aliphatic rings. The number of aromatic amines is 1. The van der Waals surface area contributed by atoms with E-state index in [0.29, 0.717) is 0 Å². The molecular formula is C51H32N4. The summed E-state index contributed by atoms with van der Waals surface area (Å²) in [7, 11) is 0. The maximum absolute atomic E-state index is 5.33. The highest BCUT2D eigenvalue weighted by atomic mass is 14.8. The molecule has 6 aromatic carbocycles. The third kappa shape index (κ3) is 5.43. The summed E-state index contributed by atoms with van der Waals surface area (Å²) in [5, 5.41) is 2.30. The van der Waals surface area contributed by atoms with Gasteiger partial charge in [-0.05, 0) is 80.9 Å². The molecule has 0 saturated heterocycles. The van der Waals surface area contributed by atoms with Gasteiger partial charge in [-0.1, -0.05) is 152 Å². The van der Waals surface area contributed by atoms with Gasteiger partial charge in [0, 0.05) is 21.9 Å². The summed E-state index contributed by atoms with van der Waals surface area (Å²) >= 11 is 0. The highest BCUT2D eigenvalue weighted by Gasteiger charge is 2.19. The number of benzene rings is 6. The normalized spacial score (nSPS) is 11.6. The number of nitrogens with one attached hydrogen (secondary N) is 1. The van der Waals surface area contributed by atoms with Crippen molar-refractivity contribution in [3.05, 3.63) is 188 Å². The molecule has 11 rings (SSSR count). The number of para-hydroxylation sites is 2. The molecule has 0 unspecified atom stereocenters. The van der Waals surface area contributed by atoms with Gasteiger partial charge < -0.3 is 4.98 Å². The molecule has 0 spiro atoms. The average molecular weight is 701 g/mol. The van der Waals surface area contributed by atoms with E-state index < -0.39 is 0 Å². The van der Waals surface area contributed by atoms with Gasteiger partial charge in [-0.15, -0.1) is 0 Å². The molecule has 5 heterocycles. The molecule has 0 radical (unpaired) electrons. The Hall–Kier alpha value is -7.43. The monoisotopic (exact) mass is 700 g/mol. The van der Waals surface area contributed by atoms with Crippen molar-refractivity contribution < 1.29 is 0 Å². The molecule has 0 aliphatic carbocycles. The summed E-state index contributed by atoms with van der Waals surface area (Å²) < 4.78 is 0. The quantitative estimate of drug-likeness (QED) is 0.199. The van der Waals surface area contributed by atoms with Crippen LogP contribution in [0.3, 0.4) is 0 Å². The molecule has 55 heavy (non-hydrogen) atoms. The van der Waals surface area contributed by atoms with Crippen molar-refractivity contribution in [3.8, 4) is 89.8 Å². The second-order valence-corrected chi connectivity index (χ2v) is 14.1. The Kier molecular flexibility index (Phi) is 7.14. The van der Waals surface area contributed by atoms with Gasteiger partial charge in [0.25, 0.3) is 0 Å². The number of aromatic nitrogens is 4. The minimum atomic E-state index is 0.793. The van der Waals surface area contributed by atoms with Crippen molar-refractivity contribution in [2.75, 3.05) is 0 Å². The van der Waals surface area contributed by atoms with Gasteiger partial charge in [-0.3, -0.25) is 0 Å². The predicted octanol–water partition coefficient (Wildman–Crippen LogP) is 13.2. The first-order valence-electron chi connectivity index (χ1n) is 18.6. The molecule has 256 valence electrons. The lowest BCUT2D eigenvalue weighted by Gasteiger charge is -2.13. The van der Waals surface area contributed by atoms with E-state index >= 15 is 0 Å². The standard InChI is InChI=1S/C51H32N4/c1-3-10-32(11-4-1)34-20-24-36(25-21-34)38-28-46-42-16-7-14-40-41-15-8-17-43(51(41)55-50(40)42)47-29-39(37-26-22-35(23-27-37)33-12-5-2-6-13-33)31-49(54-47)45-19-9-18-44(52-45)48(30-38)53-46/h1-31,55H. The van der Waals surface area contributed by atoms with Crippen molar-refractivity contribution in [1.82, 2.24) is 19.9 Å². The molecule has 0 saturated carbocycles. The van der Waals surface area contributed by atoms with Gasteiger partial charge in [-0.2, -0.15) is 0 Å². The van der Waals surface area contributed by atoms with E-state index in [1.807, 2.05) is 12.1 Å². The van der Waals surface area contributed by atoms with Gasteiger partial charge in [0.15, 0.2) is 0 Å². The molecule has 8 bridgehead atoms. The maximum Gasteiger partial charge on any atom is 0.0900 e. The van der Waals surface area contributed by atoms with Crippen LogP contribution in [0.4, 0.5) is 0 Å². The Morgan fingerprint density at radius 3 is 1.04 bits per heavy atom. The van der Waals surface area contributed by atoms with Crippen LogP contribution in [0.1, 0.15) is 0 Å². The van der Waals surface area contributed by atoms with Crippen LogP contribution < -0.4 is 0 Å². The summed E-state index contributed by atoms with van der Waals surface area (Å²) in [5.74, 6) is 0. The number of H-pyrrole nitrogens is 1. The zero-order valence-electron chi connectivity index (χ0n) is 29.7. The second kappa shape index (κ2) is 12.6. The van der Waals surface area contributed by atoms with Gasteiger partial charge in [0.2, 0.25) is 0 Å². The largest absolute Gasteiger partial charge is 0.353 e. The first kappa shape index (κ1) is 31.1. The zero-order valence-corrected chi connectivity index (χ0v) is 29.7. The van der Waals surface area contributed by atoms with Gasteiger partial charge >= 0.3 is 0 Å². The fraction of sp³-hybridized carbons (Fsp3) is 0. The molecule has 0 amide bonds. The third-order valence-corrected chi connectivity index (χ3v) is 10.8. The van der Waals surface area contributed by atoms with Crippen LogP contribution >= 0.6 is 0 Å². The van der Waals surface area contributed by atoms with Crippen molar-refractivity contribution in [2.24, 2.45) is 0 Å². The summed E-state index contributed by atoms with van der Waals surface area (Å²) in [6.45, 7) is 0. The Morgan fingerprint density at radius 1 is 0.255 bits per heavy atom. The molecule has 0 fully saturated rings. The number of fused-ring (bicyclic) bond motifs is 11. The molecule has 4 aromatic heterocycles. The van der Waals surface area contributed by atoms with Crippen molar-refractivity contribution in [3.63, 3.8) is 0 Å². The molecule has 0 atom stereocenters. The summed E-state index contributed by atoms with van der Waals surface area (Å²) in [5.41, 5.74) is 18.3. The fourth-order valence-electron chi connectivity index (χ4n) is 8.00. The Morgan fingerprint density at radius 2 is 0.600 bits per heavy atom. The molecule has 10 aromatic rings. The minimum Gasteiger partial charge on any atom is -0.353 e. The summed E-state index contributed by atoms with van der Waals surface area (Å²) in [6.07, 6.45) is 0. The Balaban J connectivity index is 1.13. The fourth-order valence-corrected chi connectivity index (χ4v) is 8.00. The number of hydrogen-bond donors (Lipinski definition) is 1. The van der Waals surface area contributed by atoms with E-state index in [2.05, 4.69) is 181 Å². The second-order valence-electron chi connectivity index (χ2n) is 14.1. The lowest BCUT2D eigenvalue weighted by molar-refractivity contribution is 1.22. The van der Waals surface area contributed by atoms with Gasteiger partial charge in [0.1, 0.15) is 0 Å². The van der Waals surface area contributed by atoms with Crippen molar-refractivity contribution in [2.45, 2.75) is 0 Å². The van der Waals surface area contributed by atoms with E-state index in [9.17, 15) is 0 Å². The Bertz CT molecular complexity index is 2850. The van der Waals surface area contributed by atoms with Crippen molar-refractivity contribution >= 4 is 21.8 Å². The lowest BCUT2D eigenvalue weighted by Crippen LogP contribution is -1.97. The first-order valence-corrected chi connectivity index (χ1v) is 18.6. The van der Waals surface area contributed by atoms with E-state index in [1.165, 1.54) is 22.3 Å². The SMILES string of the molecule is c1ccc(-c2ccc(-c3cc4nc(c3)-c3cccc5c3[nH]c3c(cccc35)-c3cc(-c5ccc(-c6ccccc6)cc5)cc(n3)-c3cccc-4n3)cc2)cc1. The highest BCUT2D eigenvalue weighted by Crippen LogP contribution is 2.40. The van der Waals surface area contributed by atoms with Crippen LogP contribution in [0.5, 0.6) is 0 Å². The smallest absolute Gasteiger partial charge is 0.0900 e. The molecule has 1 N–H and O–H groups in total. The van der Waals surface area contributed by atoms with Crippen LogP contribution in [0.15, 0.2) is 188 Å². The van der Waals surface area contributed by atoms with E-state index in [4.69, 9.17) is 15.0 Å². The van der Waals surface area contributed by atoms with E-state index in [-0.39, 0.29) is 0 Å². The average Bonchev–Trinajstić information content (AvgIpc) is 3.66. The number of rotatable bonds is 4. The van der Waals surface area contributed by atoms with Crippen LogP contribution in [-0.2, 0) is 0 Å². The zero-order chi connectivity index (χ0) is 36.3. The molecular weight excluding hydrogens is 669 g/mol. The molecule has 4 nitrogen and oxygen atoms in total. The Labute approximate surface area is 318 Å².